The zero-order valence-electron chi connectivity index (χ0n) is 19.7. The van der Waals surface area contributed by atoms with Crippen molar-refractivity contribution in [1.82, 2.24) is 9.97 Å². The first kappa shape index (κ1) is 24.2. The van der Waals surface area contributed by atoms with Crippen LogP contribution >= 0.6 is 0 Å². The number of benzene rings is 3. The molecule has 0 spiro atoms. The number of nitrogens with zero attached hydrogens (tertiary/aromatic N) is 2. The number of nitrogen functional groups attached to an aromatic ring is 1. The molecular weight excluding hydrogens is 460 g/mol. The molecule has 0 unspecified atom stereocenters. The summed E-state index contributed by atoms with van der Waals surface area (Å²) in [6.07, 6.45) is 0.742. The van der Waals surface area contributed by atoms with Gasteiger partial charge in [0.25, 0.3) is 15.6 Å². The Morgan fingerprint density at radius 2 is 1.49 bits per heavy atom. The Morgan fingerprint density at radius 1 is 0.886 bits per heavy atom. The number of hydrogen-bond donors (Lipinski definition) is 2. The van der Waals surface area contributed by atoms with Gasteiger partial charge in [0, 0.05) is 17.7 Å². The number of rotatable bonds is 8. The van der Waals surface area contributed by atoms with Gasteiger partial charge < -0.3 is 5.73 Å². The van der Waals surface area contributed by atoms with Crippen molar-refractivity contribution in [2.75, 3.05) is 16.6 Å². The van der Waals surface area contributed by atoms with Crippen LogP contribution in [-0.2, 0) is 16.4 Å². The van der Waals surface area contributed by atoms with Crippen molar-refractivity contribution in [2.24, 2.45) is 0 Å². The lowest BCUT2D eigenvalue weighted by Gasteiger charge is -2.25. The number of aromatic amines is 1. The third-order valence-corrected chi connectivity index (χ3v) is 7.64. The van der Waals surface area contributed by atoms with Gasteiger partial charge in [-0.1, -0.05) is 65.7 Å². The quantitative estimate of drug-likeness (QED) is 0.380. The fourth-order valence-corrected chi connectivity index (χ4v) is 5.42. The van der Waals surface area contributed by atoms with Crippen molar-refractivity contribution in [3.05, 3.63) is 106 Å². The minimum atomic E-state index is -3.80. The van der Waals surface area contributed by atoms with Crippen LogP contribution in [0, 0.1) is 13.8 Å². The van der Waals surface area contributed by atoms with Gasteiger partial charge >= 0.3 is 0 Å². The normalized spacial score (nSPS) is 11.4. The van der Waals surface area contributed by atoms with Gasteiger partial charge in [0.2, 0.25) is 5.95 Å². The molecule has 3 N–H and O–H groups in total. The lowest BCUT2D eigenvalue weighted by Crippen LogP contribution is -2.32. The highest BCUT2D eigenvalue weighted by molar-refractivity contribution is 7.92. The van der Waals surface area contributed by atoms with Gasteiger partial charge in [-0.05, 0) is 51.0 Å². The SMILES string of the molecule is Cc1ccc(-c2nc(N)[nH]c(=O)c2CCCN(c2ccccc2)S(=O)(=O)c2ccc(C)cc2)cc1. The minimum absolute atomic E-state index is 0.0437. The number of nitrogens with one attached hydrogen (secondary N) is 1. The predicted octanol–water partition coefficient (Wildman–Crippen LogP) is 4.46. The topological polar surface area (TPSA) is 109 Å². The molecule has 4 aromatic rings. The van der Waals surface area contributed by atoms with E-state index in [9.17, 15) is 13.2 Å². The number of sulfonamides is 1. The fourth-order valence-electron chi connectivity index (χ4n) is 3.92. The van der Waals surface area contributed by atoms with Gasteiger partial charge in [-0.3, -0.25) is 14.1 Å². The number of aromatic nitrogens is 2. The van der Waals surface area contributed by atoms with Crippen molar-refractivity contribution in [3.63, 3.8) is 0 Å². The monoisotopic (exact) mass is 488 g/mol. The summed E-state index contributed by atoms with van der Waals surface area (Å²) >= 11 is 0. The zero-order valence-corrected chi connectivity index (χ0v) is 20.5. The van der Waals surface area contributed by atoms with E-state index >= 15 is 0 Å². The van der Waals surface area contributed by atoms with Crippen LogP contribution < -0.4 is 15.6 Å². The van der Waals surface area contributed by atoms with Crippen LogP contribution in [0.3, 0.4) is 0 Å². The Hall–Kier alpha value is -3.91. The molecule has 1 aromatic heterocycles. The summed E-state index contributed by atoms with van der Waals surface area (Å²) in [5, 5.41) is 0. The number of nitrogens with two attached hydrogens (primary N) is 1. The second-order valence-corrected chi connectivity index (χ2v) is 10.3. The fraction of sp³-hybridized carbons (Fsp3) is 0.185. The largest absolute Gasteiger partial charge is 0.369 e. The molecule has 0 aliphatic heterocycles. The summed E-state index contributed by atoms with van der Waals surface area (Å²) in [6, 6.07) is 23.5. The van der Waals surface area contributed by atoms with Crippen LogP contribution in [0.2, 0.25) is 0 Å². The summed E-state index contributed by atoms with van der Waals surface area (Å²) in [5.74, 6) is 0.0437. The van der Waals surface area contributed by atoms with Crippen LogP contribution in [0.25, 0.3) is 11.3 Å². The van der Waals surface area contributed by atoms with E-state index in [0.29, 0.717) is 29.8 Å². The molecule has 35 heavy (non-hydrogen) atoms. The Kier molecular flexibility index (Phi) is 7.02. The van der Waals surface area contributed by atoms with Crippen molar-refractivity contribution in [2.45, 2.75) is 31.6 Å². The van der Waals surface area contributed by atoms with Crippen molar-refractivity contribution in [1.29, 1.82) is 0 Å². The maximum absolute atomic E-state index is 13.5. The smallest absolute Gasteiger partial charge is 0.264 e. The predicted molar refractivity (Wildman–Crippen MR) is 140 cm³/mol. The van der Waals surface area contributed by atoms with Crippen LogP contribution in [0.15, 0.2) is 88.6 Å². The summed E-state index contributed by atoms with van der Waals surface area (Å²) in [7, 11) is -3.80. The number of para-hydroxylation sites is 1. The Bertz CT molecular complexity index is 1460. The third-order valence-electron chi connectivity index (χ3n) is 5.80. The number of hydrogen-bond acceptors (Lipinski definition) is 5. The molecule has 0 aliphatic carbocycles. The Balaban J connectivity index is 1.64. The first-order valence-corrected chi connectivity index (χ1v) is 12.8. The zero-order chi connectivity index (χ0) is 25.0. The van der Waals surface area contributed by atoms with E-state index in [1.807, 2.05) is 44.2 Å². The van der Waals surface area contributed by atoms with E-state index in [0.717, 1.165) is 16.7 Å². The molecule has 4 rings (SSSR count). The second-order valence-electron chi connectivity index (χ2n) is 8.47. The van der Waals surface area contributed by atoms with Gasteiger partial charge in [-0.2, -0.15) is 0 Å². The number of anilines is 2. The maximum Gasteiger partial charge on any atom is 0.264 e. The van der Waals surface area contributed by atoms with Crippen molar-refractivity contribution >= 4 is 21.7 Å². The average Bonchev–Trinajstić information content (AvgIpc) is 2.84. The molecule has 0 bridgehead atoms. The number of H-pyrrole nitrogens is 1. The standard InChI is InChI=1S/C27H28N4O3S/c1-19-10-14-21(15-11-19)25-24(26(32)30-27(28)29-25)9-6-18-31(22-7-4-3-5-8-22)35(33,34)23-16-12-20(2)13-17-23/h3-5,7-8,10-17H,6,9,18H2,1-2H3,(H3,28,29,30,32). The summed E-state index contributed by atoms with van der Waals surface area (Å²) in [6.45, 7) is 4.09. The van der Waals surface area contributed by atoms with E-state index < -0.39 is 10.0 Å². The van der Waals surface area contributed by atoms with Crippen molar-refractivity contribution in [3.8, 4) is 11.3 Å². The molecule has 0 fully saturated rings. The molecule has 8 heteroatoms. The average molecular weight is 489 g/mol. The van der Waals surface area contributed by atoms with E-state index in [4.69, 9.17) is 5.73 Å². The van der Waals surface area contributed by atoms with Crippen LogP contribution in [0.5, 0.6) is 0 Å². The van der Waals surface area contributed by atoms with Crippen LogP contribution in [0.4, 0.5) is 11.6 Å². The first-order chi connectivity index (χ1) is 16.8. The summed E-state index contributed by atoms with van der Waals surface area (Å²) in [4.78, 5) is 20.0. The Morgan fingerprint density at radius 3 is 2.11 bits per heavy atom. The molecule has 0 saturated carbocycles. The highest BCUT2D eigenvalue weighted by atomic mass is 32.2. The molecule has 0 radical (unpaired) electrons. The molecule has 1 heterocycles. The minimum Gasteiger partial charge on any atom is -0.369 e. The summed E-state index contributed by atoms with van der Waals surface area (Å²) in [5.41, 5.74) is 9.92. The highest BCUT2D eigenvalue weighted by Gasteiger charge is 2.25. The van der Waals surface area contributed by atoms with Gasteiger partial charge in [0.1, 0.15) is 0 Å². The van der Waals surface area contributed by atoms with E-state index in [1.165, 1.54) is 4.31 Å². The van der Waals surface area contributed by atoms with Crippen LogP contribution in [-0.4, -0.2) is 24.9 Å². The van der Waals surface area contributed by atoms with Crippen molar-refractivity contribution < 1.29 is 8.42 Å². The van der Waals surface area contributed by atoms with Gasteiger partial charge in [-0.15, -0.1) is 0 Å². The molecular formula is C27H28N4O3S. The second kappa shape index (κ2) is 10.1. The molecule has 180 valence electrons. The van der Waals surface area contributed by atoms with E-state index in [2.05, 4.69) is 9.97 Å². The van der Waals surface area contributed by atoms with Crippen LogP contribution in [0.1, 0.15) is 23.1 Å². The molecule has 7 nitrogen and oxygen atoms in total. The molecule has 0 atom stereocenters. The Labute approximate surface area is 205 Å². The third kappa shape index (κ3) is 5.44. The van der Waals surface area contributed by atoms with Gasteiger partial charge in [0.15, 0.2) is 0 Å². The highest BCUT2D eigenvalue weighted by Crippen LogP contribution is 2.26. The van der Waals surface area contributed by atoms with Gasteiger partial charge in [0.05, 0.1) is 16.3 Å². The first-order valence-electron chi connectivity index (χ1n) is 11.4. The lowest BCUT2D eigenvalue weighted by molar-refractivity contribution is 0.589. The summed E-state index contributed by atoms with van der Waals surface area (Å²) < 4.78 is 28.5. The molecule has 3 aromatic carbocycles. The number of aryl methyl sites for hydroxylation is 2. The van der Waals surface area contributed by atoms with E-state index in [1.54, 1.807) is 48.5 Å². The molecule has 0 saturated heterocycles. The maximum atomic E-state index is 13.5. The van der Waals surface area contributed by atoms with E-state index in [-0.39, 0.29) is 22.9 Å². The van der Waals surface area contributed by atoms with Gasteiger partial charge in [-0.25, -0.2) is 13.4 Å². The molecule has 0 aliphatic rings. The lowest BCUT2D eigenvalue weighted by atomic mass is 10.0. The molecule has 0 amide bonds.